The molecule has 0 bridgehead atoms. The van der Waals surface area contributed by atoms with Gasteiger partial charge in [-0.1, -0.05) is 54.6 Å². The van der Waals surface area contributed by atoms with Gasteiger partial charge >= 0.3 is 0 Å². The Hall–Kier alpha value is -3.40. The Morgan fingerprint density at radius 3 is 2.57 bits per heavy atom. The quantitative estimate of drug-likeness (QED) is 0.500. The van der Waals surface area contributed by atoms with Gasteiger partial charge in [0.15, 0.2) is 0 Å². The minimum Gasteiger partial charge on any atom is -0.361 e. The number of aromatic amines is 1. The van der Waals surface area contributed by atoms with E-state index in [4.69, 9.17) is 0 Å². The lowest BCUT2D eigenvalue weighted by molar-refractivity contribution is -0.121. The molecule has 2 aromatic carbocycles. The molecule has 0 saturated heterocycles. The number of rotatable bonds is 7. The number of H-pyrrole nitrogens is 1. The lowest BCUT2D eigenvalue weighted by Gasteiger charge is -2.17. The van der Waals surface area contributed by atoms with Crippen molar-refractivity contribution in [1.29, 1.82) is 0 Å². The van der Waals surface area contributed by atoms with Crippen LogP contribution in [0.15, 0.2) is 85.2 Å². The first-order valence-electron chi connectivity index (χ1n) is 9.56. The maximum absolute atomic E-state index is 12.7. The van der Waals surface area contributed by atoms with Crippen LogP contribution >= 0.6 is 0 Å². The molecule has 0 saturated carbocycles. The number of benzene rings is 2. The van der Waals surface area contributed by atoms with Crippen molar-refractivity contribution in [2.45, 2.75) is 25.3 Å². The second kappa shape index (κ2) is 8.53. The monoisotopic (exact) mass is 369 g/mol. The minimum absolute atomic E-state index is 0.0388. The van der Waals surface area contributed by atoms with E-state index in [1.165, 1.54) is 16.5 Å². The topological polar surface area (TPSA) is 57.8 Å². The average molecular weight is 369 g/mol. The first-order valence-corrected chi connectivity index (χ1v) is 9.56. The highest BCUT2D eigenvalue weighted by molar-refractivity contribution is 5.85. The molecule has 4 rings (SSSR count). The number of hydrogen-bond acceptors (Lipinski definition) is 2. The molecule has 2 heterocycles. The second-order valence-corrected chi connectivity index (χ2v) is 6.98. The smallest absolute Gasteiger partial charge is 0.220 e. The molecule has 4 heteroatoms. The maximum atomic E-state index is 12.7. The Kier molecular flexibility index (Phi) is 5.48. The fraction of sp³-hybridized carbons (Fsp3) is 0.167. The van der Waals surface area contributed by atoms with E-state index in [1.54, 1.807) is 6.20 Å². The molecule has 0 spiro atoms. The number of para-hydroxylation sites is 1. The summed E-state index contributed by atoms with van der Waals surface area (Å²) < 4.78 is 0. The lowest BCUT2D eigenvalue weighted by Crippen LogP contribution is -2.25. The van der Waals surface area contributed by atoms with Crippen LogP contribution in [0.4, 0.5) is 0 Å². The number of carbonyl (C=O) groups is 1. The highest BCUT2D eigenvalue weighted by atomic mass is 16.1. The molecule has 0 aliphatic rings. The van der Waals surface area contributed by atoms with E-state index in [9.17, 15) is 4.79 Å². The third-order valence-corrected chi connectivity index (χ3v) is 5.01. The summed E-state index contributed by atoms with van der Waals surface area (Å²) in [5.74, 6) is 0.138. The minimum atomic E-state index is 0.0388. The molecule has 1 unspecified atom stereocenters. The van der Waals surface area contributed by atoms with Gasteiger partial charge in [0, 0.05) is 29.7 Å². The maximum Gasteiger partial charge on any atom is 0.220 e. The first-order chi connectivity index (χ1) is 13.8. The van der Waals surface area contributed by atoms with Crippen LogP contribution in [-0.4, -0.2) is 15.9 Å². The number of pyridine rings is 1. The molecule has 2 N–H and O–H groups in total. The molecule has 4 aromatic rings. The van der Waals surface area contributed by atoms with E-state index in [-0.39, 0.29) is 11.8 Å². The first kappa shape index (κ1) is 18.0. The van der Waals surface area contributed by atoms with E-state index >= 15 is 0 Å². The van der Waals surface area contributed by atoms with Crippen molar-refractivity contribution in [3.05, 3.63) is 102 Å². The predicted octanol–water partition coefficient (Wildman–Crippen LogP) is 4.60. The van der Waals surface area contributed by atoms with Gasteiger partial charge in [-0.25, -0.2) is 0 Å². The van der Waals surface area contributed by atoms with Crippen molar-refractivity contribution < 1.29 is 4.79 Å². The van der Waals surface area contributed by atoms with E-state index in [2.05, 4.69) is 39.6 Å². The van der Waals surface area contributed by atoms with Crippen LogP contribution in [0.25, 0.3) is 10.9 Å². The van der Waals surface area contributed by atoms with E-state index in [0.29, 0.717) is 13.0 Å². The van der Waals surface area contributed by atoms with Crippen LogP contribution in [0.5, 0.6) is 0 Å². The summed E-state index contributed by atoms with van der Waals surface area (Å²) in [6.07, 6.45) is 5.04. The number of fused-ring (bicyclic) bond motifs is 1. The molecule has 1 atom stereocenters. The van der Waals surface area contributed by atoms with Crippen molar-refractivity contribution >= 4 is 16.8 Å². The molecule has 0 radical (unpaired) electrons. The second-order valence-electron chi connectivity index (χ2n) is 6.98. The molecule has 0 aliphatic carbocycles. The predicted molar refractivity (Wildman–Crippen MR) is 112 cm³/mol. The molecule has 1 amide bonds. The molecule has 0 fully saturated rings. The number of amides is 1. The standard InChI is InChI=1S/C24H23N3O/c28-24(27-16-20-10-6-7-13-25-20)15-19(14-18-8-2-1-3-9-18)22-17-26-23-12-5-4-11-21(22)23/h1-13,17,19,26H,14-16H2,(H,27,28). The number of aromatic nitrogens is 2. The van der Waals surface area contributed by atoms with Gasteiger partial charge in [0.2, 0.25) is 5.91 Å². The zero-order valence-electron chi connectivity index (χ0n) is 15.6. The van der Waals surface area contributed by atoms with Crippen LogP contribution in [-0.2, 0) is 17.8 Å². The van der Waals surface area contributed by atoms with Gasteiger partial charge in [-0.15, -0.1) is 0 Å². The van der Waals surface area contributed by atoms with E-state index in [1.807, 2.05) is 54.7 Å². The molecule has 4 nitrogen and oxygen atoms in total. The van der Waals surface area contributed by atoms with Crippen molar-refractivity contribution in [2.24, 2.45) is 0 Å². The number of nitrogens with one attached hydrogen (secondary N) is 2. The Balaban J connectivity index is 1.53. The number of nitrogens with zero attached hydrogens (tertiary/aromatic N) is 1. The highest BCUT2D eigenvalue weighted by Gasteiger charge is 2.20. The molecule has 28 heavy (non-hydrogen) atoms. The number of carbonyl (C=O) groups excluding carboxylic acids is 1. The zero-order valence-corrected chi connectivity index (χ0v) is 15.6. The summed E-state index contributed by atoms with van der Waals surface area (Å²) in [4.78, 5) is 20.3. The summed E-state index contributed by atoms with van der Waals surface area (Å²) >= 11 is 0. The van der Waals surface area contributed by atoms with Crippen molar-refractivity contribution in [2.75, 3.05) is 0 Å². The third-order valence-electron chi connectivity index (χ3n) is 5.01. The van der Waals surface area contributed by atoms with Crippen molar-refractivity contribution in [1.82, 2.24) is 15.3 Å². The van der Waals surface area contributed by atoms with Gasteiger partial charge in [-0.2, -0.15) is 0 Å². The summed E-state index contributed by atoms with van der Waals surface area (Å²) in [6.45, 7) is 0.450. The molecule has 2 aromatic heterocycles. The van der Waals surface area contributed by atoms with Gasteiger partial charge in [0.25, 0.3) is 0 Å². The lowest BCUT2D eigenvalue weighted by atomic mass is 9.88. The fourth-order valence-electron chi connectivity index (χ4n) is 3.61. The van der Waals surface area contributed by atoms with Gasteiger partial charge in [0.05, 0.1) is 12.2 Å². The van der Waals surface area contributed by atoms with Crippen LogP contribution in [0, 0.1) is 0 Å². The van der Waals surface area contributed by atoms with Gasteiger partial charge in [0.1, 0.15) is 0 Å². The van der Waals surface area contributed by atoms with Gasteiger partial charge < -0.3 is 10.3 Å². The summed E-state index contributed by atoms with van der Waals surface area (Å²) in [5, 5.41) is 4.20. The summed E-state index contributed by atoms with van der Waals surface area (Å²) in [7, 11) is 0. The molecular formula is C24H23N3O. The Labute approximate surface area is 164 Å². The average Bonchev–Trinajstić information content (AvgIpc) is 3.17. The fourth-order valence-corrected chi connectivity index (χ4v) is 3.61. The summed E-state index contributed by atoms with van der Waals surface area (Å²) in [6, 6.07) is 24.3. The Bertz CT molecular complexity index is 1040. The third kappa shape index (κ3) is 4.29. The van der Waals surface area contributed by atoms with Crippen LogP contribution in [0.1, 0.15) is 29.2 Å². The van der Waals surface area contributed by atoms with E-state index < -0.39 is 0 Å². The SMILES string of the molecule is O=C(CC(Cc1ccccc1)c1c[nH]c2ccccc12)NCc1ccccn1. The molecule has 0 aliphatic heterocycles. The van der Waals surface area contributed by atoms with Crippen LogP contribution in [0.2, 0.25) is 0 Å². The zero-order chi connectivity index (χ0) is 19.2. The van der Waals surface area contributed by atoms with Crippen molar-refractivity contribution in [3.8, 4) is 0 Å². The largest absolute Gasteiger partial charge is 0.361 e. The summed E-state index contributed by atoms with van der Waals surface area (Å²) in [5.41, 5.74) is 4.38. The van der Waals surface area contributed by atoms with Crippen LogP contribution in [0.3, 0.4) is 0 Å². The molecule has 140 valence electrons. The van der Waals surface area contributed by atoms with Gasteiger partial charge in [-0.05, 0) is 41.7 Å². The van der Waals surface area contributed by atoms with E-state index in [0.717, 1.165) is 17.6 Å². The van der Waals surface area contributed by atoms with Crippen molar-refractivity contribution in [3.63, 3.8) is 0 Å². The normalized spacial score (nSPS) is 12.0. The highest BCUT2D eigenvalue weighted by Crippen LogP contribution is 2.30. The van der Waals surface area contributed by atoms with Crippen LogP contribution < -0.4 is 5.32 Å². The molecular weight excluding hydrogens is 346 g/mol. The number of hydrogen-bond donors (Lipinski definition) is 2. The Morgan fingerprint density at radius 2 is 1.75 bits per heavy atom. The van der Waals surface area contributed by atoms with Gasteiger partial charge in [-0.3, -0.25) is 9.78 Å². The Morgan fingerprint density at radius 1 is 0.964 bits per heavy atom.